The maximum absolute atomic E-state index is 11.9. The van der Waals surface area contributed by atoms with E-state index in [-0.39, 0.29) is 11.8 Å². The molecule has 0 saturated heterocycles. The van der Waals surface area contributed by atoms with Crippen LogP contribution in [-0.4, -0.2) is 26.0 Å². The summed E-state index contributed by atoms with van der Waals surface area (Å²) in [4.78, 5) is 26.4. The molecule has 34 heavy (non-hydrogen) atoms. The molecular weight excluding hydrogens is 446 g/mol. The van der Waals surface area contributed by atoms with E-state index < -0.39 is 11.0 Å². The van der Waals surface area contributed by atoms with Crippen LogP contribution in [-0.2, 0) is 10.4 Å². The molecule has 0 spiro atoms. The maximum Gasteiger partial charge on any atom is 0.227 e. The summed E-state index contributed by atoms with van der Waals surface area (Å²) in [6.45, 7) is 10.2. The van der Waals surface area contributed by atoms with E-state index in [0.29, 0.717) is 36.1 Å². The lowest BCUT2D eigenvalue weighted by Crippen LogP contribution is -2.46. The number of carbonyl (C=O) groups is 1. The molecule has 2 atom stereocenters. The summed E-state index contributed by atoms with van der Waals surface area (Å²) in [7, 11) is 0. The third kappa shape index (κ3) is 4.98. The van der Waals surface area contributed by atoms with E-state index in [1.165, 1.54) is 11.3 Å². The quantitative estimate of drug-likeness (QED) is 0.443. The Morgan fingerprint density at radius 3 is 2.71 bits per heavy atom. The van der Waals surface area contributed by atoms with Crippen molar-refractivity contribution in [3.63, 3.8) is 0 Å². The van der Waals surface area contributed by atoms with Gasteiger partial charge < -0.3 is 16.2 Å². The van der Waals surface area contributed by atoms with E-state index in [9.17, 15) is 9.90 Å². The van der Waals surface area contributed by atoms with Crippen LogP contribution in [0.15, 0.2) is 36.7 Å². The van der Waals surface area contributed by atoms with Gasteiger partial charge in [0.2, 0.25) is 11.9 Å². The van der Waals surface area contributed by atoms with Crippen molar-refractivity contribution in [2.75, 3.05) is 5.32 Å². The Hall–Kier alpha value is -2.84. The van der Waals surface area contributed by atoms with Crippen molar-refractivity contribution in [1.29, 1.82) is 0 Å². The van der Waals surface area contributed by atoms with Gasteiger partial charge in [0.25, 0.3) is 0 Å². The second-order valence-electron chi connectivity index (χ2n) is 10.4. The molecule has 0 bridgehead atoms. The monoisotopic (exact) mass is 479 g/mol. The van der Waals surface area contributed by atoms with Gasteiger partial charge in [0, 0.05) is 29.7 Å². The Labute approximate surface area is 204 Å². The third-order valence-corrected chi connectivity index (χ3v) is 7.91. The summed E-state index contributed by atoms with van der Waals surface area (Å²) in [6, 6.07) is 8.14. The normalized spacial score (nSPS) is 22.0. The van der Waals surface area contributed by atoms with E-state index in [1.54, 1.807) is 6.20 Å². The summed E-state index contributed by atoms with van der Waals surface area (Å²) in [5, 5.41) is 15.5. The van der Waals surface area contributed by atoms with Crippen molar-refractivity contribution in [2.45, 2.75) is 65.4 Å². The molecule has 3 aromatic rings. The van der Waals surface area contributed by atoms with Crippen molar-refractivity contribution < 1.29 is 9.90 Å². The van der Waals surface area contributed by atoms with Crippen LogP contribution in [0.5, 0.6) is 0 Å². The second kappa shape index (κ2) is 9.07. The Balaban J connectivity index is 1.59. The number of aryl methyl sites for hydroxylation is 1. The van der Waals surface area contributed by atoms with Gasteiger partial charge in [0.05, 0.1) is 4.88 Å². The first kappa shape index (κ1) is 24.3. The Morgan fingerprint density at radius 1 is 1.26 bits per heavy atom. The van der Waals surface area contributed by atoms with Crippen molar-refractivity contribution >= 4 is 28.9 Å². The Morgan fingerprint density at radius 2 is 2.03 bits per heavy atom. The predicted molar refractivity (Wildman–Crippen MR) is 136 cm³/mol. The highest BCUT2D eigenvalue weighted by molar-refractivity contribution is 7.15. The zero-order valence-corrected chi connectivity index (χ0v) is 21.2. The highest BCUT2D eigenvalue weighted by Crippen LogP contribution is 2.50. The number of anilines is 2. The highest BCUT2D eigenvalue weighted by Gasteiger charge is 2.48. The SMILES string of the molecule is Cc1cc(Nc2nccc(C(C)C)n2)cc(-c2cnc([C@@]3(O)CC[C@H](C(N)=O)C(C)(C)C3)s2)c1. The molecule has 1 aliphatic carbocycles. The number of rotatable bonds is 6. The number of hydrogen-bond donors (Lipinski definition) is 3. The molecule has 180 valence electrons. The number of carbonyl (C=O) groups excluding carboxylic acids is 1. The molecule has 7 nitrogen and oxygen atoms in total. The highest BCUT2D eigenvalue weighted by atomic mass is 32.1. The van der Waals surface area contributed by atoms with Gasteiger partial charge in [0.1, 0.15) is 10.6 Å². The number of nitrogens with two attached hydrogens (primary N) is 1. The molecule has 1 aliphatic rings. The van der Waals surface area contributed by atoms with E-state index in [2.05, 4.69) is 46.2 Å². The molecule has 4 N–H and O–H groups in total. The fraction of sp³-hybridized carbons (Fsp3) is 0.462. The average molecular weight is 480 g/mol. The first-order chi connectivity index (χ1) is 16.0. The molecule has 1 fully saturated rings. The van der Waals surface area contributed by atoms with Crippen LogP contribution < -0.4 is 11.1 Å². The second-order valence-corrected chi connectivity index (χ2v) is 11.4. The van der Waals surface area contributed by atoms with Gasteiger partial charge in [-0.05, 0) is 66.8 Å². The van der Waals surface area contributed by atoms with Crippen molar-refractivity contribution in [2.24, 2.45) is 17.1 Å². The number of benzene rings is 1. The van der Waals surface area contributed by atoms with Crippen LogP contribution in [0.25, 0.3) is 10.4 Å². The molecular formula is C26H33N5O2S. The smallest absolute Gasteiger partial charge is 0.227 e. The summed E-state index contributed by atoms with van der Waals surface area (Å²) in [5.41, 5.74) is 8.14. The third-order valence-electron chi connectivity index (χ3n) is 6.67. The van der Waals surface area contributed by atoms with Gasteiger partial charge in [-0.25, -0.2) is 15.0 Å². The van der Waals surface area contributed by atoms with Crippen LogP contribution in [0.4, 0.5) is 11.6 Å². The van der Waals surface area contributed by atoms with Gasteiger partial charge in [-0.3, -0.25) is 4.79 Å². The average Bonchev–Trinajstić information content (AvgIpc) is 3.24. The molecule has 4 rings (SSSR count). The fourth-order valence-corrected chi connectivity index (χ4v) is 5.97. The minimum Gasteiger partial charge on any atom is -0.383 e. The summed E-state index contributed by atoms with van der Waals surface area (Å²) < 4.78 is 0. The van der Waals surface area contributed by atoms with Crippen LogP contribution in [0.2, 0.25) is 0 Å². The van der Waals surface area contributed by atoms with Gasteiger partial charge in [0.15, 0.2) is 0 Å². The summed E-state index contributed by atoms with van der Waals surface area (Å²) in [5.74, 6) is 0.347. The largest absolute Gasteiger partial charge is 0.383 e. The predicted octanol–water partition coefficient (Wildman–Crippen LogP) is 5.27. The van der Waals surface area contributed by atoms with Crippen molar-refractivity contribution in [1.82, 2.24) is 15.0 Å². The van der Waals surface area contributed by atoms with Gasteiger partial charge in [-0.15, -0.1) is 11.3 Å². The van der Waals surface area contributed by atoms with E-state index in [1.807, 2.05) is 39.1 Å². The summed E-state index contributed by atoms with van der Waals surface area (Å²) >= 11 is 1.50. The lowest BCUT2D eigenvalue weighted by Gasteiger charge is -2.44. The van der Waals surface area contributed by atoms with Gasteiger partial charge in [-0.2, -0.15) is 0 Å². The van der Waals surface area contributed by atoms with Crippen LogP contribution in [0.1, 0.15) is 69.1 Å². The van der Waals surface area contributed by atoms with Gasteiger partial charge >= 0.3 is 0 Å². The first-order valence-electron chi connectivity index (χ1n) is 11.7. The molecule has 0 aliphatic heterocycles. The minimum atomic E-state index is -1.06. The molecule has 8 heteroatoms. The fourth-order valence-electron chi connectivity index (χ4n) is 4.95. The first-order valence-corrected chi connectivity index (χ1v) is 12.5. The number of primary amides is 1. The number of nitrogens with one attached hydrogen (secondary N) is 1. The Bertz CT molecular complexity index is 1210. The minimum absolute atomic E-state index is 0.242. The number of aromatic nitrogens is 3. The number of aliphatic hydroxyl groups is 1. The van der Waals surface area contributed by atoms with Crippen molar-refractivity contribution in [3.05, 3.63) is 52.9 Å². The molecule has 0 radical (unpaired) electrons. The van der Waals surface area contributed by atoms with Crippen LogP contribution >= 0.6 is 11.3 Å². The van der Waals surface area contributed by atoms with Crippen LogP contribution in [0.3, 0.4) is 0 Å². The molecule has 2 aromatic heterocycles. The number of amides is 1. The lowest BCUT2D eigenvalue weighted by atomic mass is 9.63. The number of hydrogen-bond acceptors (Lipinski definition) is 7. The molecule has 0 unspecified atom stereocenters. The van der Waals surface area contributed by atoms with Crippen LogP contribution in [0, 0.1) is 18.3 Å². The molecule has 2 heterocycles. The van der Waals surface area contributed by atoms with Crippen molar-refractivity contribution in [3.8, 4) is 10.4 Å². The zero-order chi connectivity index (χ0) is 24.7. The topological polar surface area (TPSA) is 114 Å². The standard InChI is InChI=1S/C26H33N5O2S/c1-15(2)20-7-9-28-24(31-20)30-18-11-16(3)10-17(12-18)21-13-29-23(34-21)26(33)8-6-19(22(27)32)25(4,5)14-26/h7,9-13,15,19,33H,6,8,14H2,1-5H3,(H2,27,32)(H,28,30,31)/t19-,26-/m1/s1. The van der Waals surface area contributed by atoms with Gasteiger partial charge in [-0.1, -0.05) is 33.8 Å². The molecule has 1 amide bonds. The lowest BCUT2D eigenvalue weighted by molar-refractivity contribution is -0.134. The summed E-state index contributed by atoms with van der Waals surface area (Å²) in [6.07, 6.45) is 5.07. The number of thiazole rings is 1. The maximum atomic E-state index is 11.9. The number of nitrogens with zero attached hydrogens (tertiary/aromatic N) is 3. The zero-order valence-electron chi connectivity index (χ0n) is 20.4. The van der Waals surface area contributed by atoms with E-state index in [4.69, 9.17) is 5.73 Å². The Kier molecular flexibility index (Phi) is 6.48. The van der Waals surface area contributed by atoms with E-state index in [0.717, 1.165) is 27.4 Å². The molecule has 1 saturated carbocycles. The molecule has 1 aromatic carbocycles. The van der Waals surface area contributed by atoms with E-state index >= 15 is 0 Å².